The van der Waals surface area contributed by atoms with Gasteiger partial charge in [0, 0.05) is 23.3 Å². The molecule has 0 radical (unpaired) electrons. The second-order valence-electron chi connectivity index (χ2n) is 6.17. The zero-order chi connectivity index (χ0) is 18.7. The van der Waals surface area contributed by atoms with Crippen LogP contribution in [0.2, 0.25) is 5.02 Å². The Kier molecular flexibility index (Phi) is 5.15. The average molecular weight is 374 g/mol. The summed E-state index contributed by atoms with van der Waals surface area (Å²) in [6.07, 6.45) is 0.0668. The fraction of sp³-hybridized carbons (Fsp3) is 0.263. The molecule has 0 spiro atoms. The van der Waals surface area contributed by atoms with E-state index in [1.807, 2.05) is 24.3 Å². The second-order valence-corrected chi connectivity index (χ2v) is 6.60. The molecule has 1 aliphatic heterocycles. The van der Waals surface area contributed by atoms with E-state index in [-0.39, 0.29) is 12.3 Å². The van der Waals surface area contributed by atoms with Gasteiger partial charge in [-0.1, -0.05) is 29.8 Å². The van der Waals surface area contributed by atoms with Crippen LogP contribution in [0, 0.1) is 0 Å². The van der Waals surface area contributed by atoms with Gasteiger partial charge in [-0.25, -0.2) is 14.9 Å². The zero-order valence-electron chi connectivity index (χ0n) is 14.8. The van der Waals surface area contributed by atoms with Crippen LogP contribution in [0.25, 0.3) is 0 Å². The Morgan fingerprint density at radius 2 is 2.08 bits per heavy atom. The van der Waals surface area contributed by atoms with Gasteiger partial charge < -0.3 is 10.1 Å². The molecule has 136 valence electrons. The number of nitrogens with one attached hydrogen (secondary N) is 1. The largest absolute Gasteiger partial charge is 0.497 e. The van der Waals surface area contributed by atoms with E-state index in [2.05, 4.69) is 10.3 Å². The Bertz CT molecular complexity index is 855. The van der Waals surface area contributed by atoms with Crippen LogP contribution in [-0.4, -0.2) is 36.7 Å². The van der Waals surface area contributed by atoms with Gasteiger partial charge in [0.05, 0.1) is 13.5 Å². The molecular weight excluding hydrogens is 354 g/mol. The number of benzene rings is 2. The highest BCUT2D eigenvalue weighted by Crippen LogP contribution is 2.29. The molecule has 0 saturated heterocycles. The standard InChI is InChI=1S/C19H20ClN3O3/c1-19(12-17(24)21-15-8-5-7-14(20)11-15)22-18(23(2)26-19)13-6-4-9-16(10-13)25-3/h4-11H,12H2,1-3H3,(H,21,24). The van der Waals surface area contributed by atoms with Gasteiger partial charge in [-0.05, 0) is 37.3 Å². The van der Waals surface area contributed by atoms with Crippen molar-refractivity contribution in [1.29, 1.82) is 0 Å². The Morgan fingerprint density at radius 1 is 1.31 bits per heavy atom. The predicted octanol–water partition coefficient (Wildman–Crippen LogP) is 3.72. The van der Waals surface area contributed by atoms with Crippen LogP contribution in [-0.2, 0) is 9.63 Å². The lowest BCUT2D eigenvalue weighted by Gasteiger charge is -2.21. The van der Waals surface area contributed by atoms with E-state index in [9.17, 15) is 4.79 Å². The Morgan fingerprint density at radius 3 is 2.81 bits per heavy atom. The lowest BCUT2D eigenvalue weighted by Crippen LogP contribution is -2.32. The molecule has 2 aromatic rings. The number of aliphatic imine (C=N–C) groups is 1. The zero-order valence-corrected chi connectivity index (χ0v) is 15.6. The highest BCUT2D eigenvalue weighted by atomic mass is 35.5. The van der Waals surface area contributed by atoms with E-state index in [0.29, 0.717) is 16.5 Å². The minimum absolute atomic E-state index is 0.0668. The predicted molar refractivity (Wildman–Crippen MR) is 101 cm³/mol. The van der Waals surface area contributed by atoms with Gasteiger partial charge in [-0.15, -0.1) is 0 Å². The number of carbonyl (C=O) groups is 1. The van der Waals surface area contributed by atoms with Crippen LogP contribution >= 0.6 is 11.6 Å². The average Bonchev–Trinajstić information content (AvgIpc) is 2.89. The highest BCUT2D eigenvalue weighted by Gasteiger charge is 2.38. The maximum Gasteiger partial charge on any atom is 0.229 e. The highest BCUT2D eigenvalue weighted by molar-refractivity contribution is 6.30. The summed E-state index contributed by atoms with van der Waals surface area (Å²) in [5.74, 6) is 1.16. The van der Waals surface area contributed by atoms with Crippen LogP contribution in [0.1, 0.15) is 18.9 Å². The molecule has 0 aromatic heterocycles. The summed E-state index contributed by atoms with van der Waals surface area (Å²) in [5.41, 5.74) is 0.496. The van der Waals surface area contributed by atoms with Crippen molar-refractivity contribution in [3.05, 3.63) is 59.1 Å². The fourth-order valence-electron chi connectivity index (χ4n) is 2.80. The minimum Gasteiger partial charge on any atom is -0.497 e. The molecule has 1 aliphatic rings. The lowest BCUT2D eigenvalue weighted by atomic mass is 10.1. The molecule has 2 aromatic carbocycles. The quantitative estimate of drug-likeness (QED) is 0.867. The molecule has 0 fully saturated rings. The molecular formula is C19H20ClN3O3. The maximum atomic E-state index is 12.4. The number of methoxy groups -OCH3 is 1. The smallest absolute Gasteiger partial charge is 0.229 e. The Labute approximate surface area is 157 Å². The number of hydroxylamine groups is 2. The minimum atomic E-state index is -0.990. The number of rotatable bonds is 5. The van der Waals surface area contributed by atoms with Crippen molar-refractivity contribution in [3.63, 3.8) is 0 Å². The maximum absolute atomic E-state index is 12.4. The number of nitrogens with zero attached hydrogens (tertiary/aromatic N) is 2. The molecule has 26 heavy (non-hydrogen) atoms. The molecule has 1 atom stereocenters. The molecule has 0 bridgehead atoms. The van der Waals surface area contributed by atoms with E-state index in [0.717, 1.165) is 11.3 Å². The van der Waals surface area contributed by atoms with Gasteiger partial charge in [-0.2, -0.15) is 0 Å². The van der Waals surface area contributed by atoms with Crippen LogP contribution in [0.4, 0.5) is 5.69 Å². The van der Waals surface area contributed by atoms with Crippen molar-refractivity contribution in [3.8, 4) is 5.75 Å². The normalized spacial score (nSPS) is 19.2. The summed E-state index contributed by atoms with van der Waals surface area (Å²) in [6.45, 7) is 1.77. The lowest BCUT2D eigenvalue weighted by molar-refractivity contribution is -0.164. The van der Waals surface area contributed by atoms with Gasteiger partial charge in [-0.3, -0.25) is 4.79 Å². The van der Waals surface area contributed by atoms with Gasteiger partial charge >= 0.3 is 0 Å². The first-order chi connectivity index (χ1) is 12.4. The molecule has 1 amide bonds. The van der Waals surface area contributed by atoms with E-state index in [4.69, 9.17) is 21.2 Å². The SMILES string of the molecule is COc1cccc(C2=NC(C)(CC(=O)Nc3cccc(Cl)c3)ON2C)c1. The van der Waals surface area contributed by atoms with Gasteiger partial charge in [0.15, 0.2) is 11.6 Å². The van der Waals surface area contributed by atoms with Crippen molar-refractivity contribution >= 4 is 29.0 Å². The Hall–Kier alpha value is -2.57. The monoisotopic (exact) mass is 373 g/mol. The van der Waals surface area contributed by atoms with Crippen molar-refractivity contribution in [2.45, 2.75) is 19.1 Å². The molecule has 1 unspecified atom stereocenters. The summed E-state index contributed by atoms with van der Waals surface area (Å²) in [7, 11) is 3.37. The van der Waals surface area contributed by atoms with Gasteiger partial charge in [0.1, 0.15) is 5.75 Å². The third kappa shape index (κ3) is 4.15. The van der Waals surface area contributed by atoms with Crippen LogP contribution in [0.3, 0.4) is 0 Å². The number of amidine groups is 1. The first-order valence-corrected chi connectivity index (χ1v) is 8.49. The number of carbonyl (C=O) groups excluding carboxylic acids is 1. The van der Waals surface area contributed by atoms with E-state index >= 15 is 0 Å². The summed E-state index contributed by atoms with van der Waals surface area (Å²) in [6, 6.07) is 14.5. The third-order valence-electron chi connectivity index (χ3n) is 3.90. The Balaban J connectivity index is 1.75. The number of anilines is 1. The fourth-order valence-corrected chi connectivity index (χ4v) is 2.99. The summed E-state index contributed by atoms with van der Waals surface area (Å²) in [4.78, 5) is 22.8. The number of hydrogen-bond acceptors (Lipinski definition) is 5. The molecule has 0 saturated carbocycles. The molecule has 6 nitrogen and oxygen atoms in total. The van der Waals surface area contributed by atoms with Crippen LogP contribution in [0.15, 0.2) is 53.5 Å². The molecule has 7 heteroatoms. The van der Waals surface area contributed by atoms with Crippen LogP contribution < -0.4 is 10.1 Å². The molecule has 0 aliphatic carbocycles. The topological polar surface area (TPSA) is 63.2 Å². The van der Waals surface area contributed by atoms with Crippen molar-refractivity contribution in [2.75, 3.05) is 19.5 Å². The van der Waals surface area contributed by atoms with Crippen LogP contribution in [0.5, 0.6) is 5.75 Å². The van der Waals surface area contributed by atoms with E-state index in [1.165, 1.54) is 0 Å². The van der Waals surface area contributed by atoms with E-state index < -0.39 is 5.72 Å². The number of ether oxygens (including phenoxy) is 1. The first kappa shape index (κ1) is 18.2. The van der Waals surface area contributed by atoms with Gasteiger partial charge in [0.25, 0.3) is 0 Å². The third-order valence-corrected chi connectivity index (χ3v) is 4.13. The van der Waals surface area contributed by atoms with Crippen molar-refractivity contribution in [1.82, 2.24) is 5.06 Å². The van der Waals surface area contributed by atoms with Gasteiger partial charge in [0.2, 0.25) is 5.91 Å². The molecule has 1 N–H and O–H groups in total. The summed E-state index contributed by atoms with van der Waals surface area (Å²) >= 11 is 5.94. The molecule has 1 heterocycles. The summed E-state index contributed by atoms with van der Waals surface area (Å²) in [5, 5.41) is 4.94. The van der Waals surface area contributed by atoms with Crippen molar-refractivity contribution < 1.29 is 14.4 Å². The molecule has 3 rings (SSSR count). The van der Waals surface area contributed by atoms with Crippen molar-refractivity contribution in [2.24, 2.45) is 4.99 Å². The summed E-state index contributed by atoms with van der Waals surface area (Å²) < 4.78 is 5.25. The first-order valence-electron chi connectivity index (χ1n) is 8.11. The second kappa shape index (κ2) is 7.35. The number of amides is 1. The number of hydrogen-bond donors (Lipinski definition) is 1. The number of halogens is 1. The van der Waals surface area contributed by atoms with E-state index in [1.54, 1.807) is 50.4 Å².